The van der Waals surface area contributed by atoms with Gasteiger partial charge >= 0.3 is 0 Å². The number of amides is 1. The molecule has 0 spiro atoms. The molecule has 1 saturated heterocycles. The Hall–Kier alpha value is -1.62. The van der Waals surface area contributed by atoms with Crippen molar-refractivity contribution in [1.29, 1.82) is 0 Å². The average Bonchev–Trinajstić information content (AvgIpc) is 2.89. The van der Waals surface area contributed by atoms with Crippen molar-refractivity contribution >= 4 is 11.6 Å². The van der Waals surface area contributed by atoms with Crippen molar-refractivity contribution in [1.82, 2.24) is 9.80 Å². The summed E-state index contributed by atoms with van der Waals surface area (Å²) in [5, 5.41) is 0. The quantitative estimate of drug-likeness (QED) is 0.857. The summed E-state index contributed by atoms with van der Waals surface area (Å²) < 4.78 is 13.0. The molecule has 2 rings (SSSR count). The van der Waals surface area contributed by atoms with E-state index in [1.54, 1.807) is 0 Å². The van der Waals surface area contributed by atoms with E-state index in [0.29, 0.717) is 11.6 Å². The van der Waals surface area contributed by atoms with Gasteiger partial charge in [0, 0.05) is 24.8 Å². The van der Waals surface area contributed by atoms with Crippen LogP contribution in [0.15, 0.2) is 18.2 Å². The molecular formula is C15H22FN3O. The Morgan fingerprint density at radius 1 is 1.45 bits per heavy atom. The molecule has 0 radical (unpaired) electrons. The molecule has 1 aromatic rings. The van der Waals surface area contributed by atoms with Crippen LogP contribution in [0.2, 0.25) is 0 Å². The monoisotopic (exact) mass is 279 g/mol. The van der Waals surface area contributed by atoms with E-state index in [-0.39, 0.29) is 11.6 Å². The Labute approximate surface area is 119 Å². The van der Waals surface area contributed by atoms with Gasteiger partial charge in [-0.05, 0) is 37.7 Å². The number of nitrogens with two attached hydrogens (primary N) is 1. The number of rotatable bonds is 4. The van der Waals surface area contributed by atoms with E-state index in [1.165, 1.54) is 18.2 Å². The molecule has 5 heteroatoms. The van der Waals surface area contributed by atoms with Gasteiger partial charge in [0.15, 0.2) is 0 Å². The van der Waals surface area contributed by atoms with Crippen LogP contribution in [0.3, 0.4) is 0 Å². The first-order valence-electron chi connectivity index (χ1n) is 7.15. The highest BCUT2D eigenvalue weighted by molar-refractivity contribution is 5.99. The summed E-state index contributed by atoms with van der Waals surface area (Å²) in [5.74, 6) is -0.515. The Bertz CT molecular complexity index is 488. The van der Waals surface area contributed by atoms with Crippen molar-refractivity contribution in [2.45, 2.75) is 26.3 Å². The number of hydrogen-bond donors (Lipinski definition) is 1. The van der Waals surface area contributed by atoms with E-state index in [2.05, 4.69) is 18.7 Å². The number of carbonyl (C=O) groups excluding carboxylic acids is 1. The smallest absolute Gasteiger partial charge is 0.256 e. The molecule has 0 bridgehead atoms. The number of nitrogen functional groups attached to an aromatic ring is 1. The number of likely N-dealkylation sites (N-methyl/N-ethyl adjacent to an activating group) is 1. The molecule has 4 nitrogen and oxygen atoms in total. The van der Waals surface area contributed by atoms with Gasteiger partial charge in [-0.1, -0.05) is 13.8 Å². The van der Waals surface area contributed by atoms with Gasteiger partial charge in [-0.3, -0.25) is 9.69 Å². The maximum atomic E-state index is 13.0. The van der Waals surface area contributed by atoms with Crippen LogP contribution in [0.4, 0.5) is 10.1 Å². The van der Waals surface area contributed by atoms with Gasteiger partial charge in [0.05, 0.1) is 5.56 Å². The largest absolute Gasteiger partial charge is 0.398 e. The third-order valence-corrected chi connectivity index (χ3v) is 4.02. The third-order valence-electron chi connectivity index (χ3n) is 4.02. The minimum Gasteiger partial charge on any atom is -0.398 e. The summed E-state index contributed by atoms with van der Waals surface area (Å²) in [6, 6.07) is 4.36. The summed E-state index contributed by atoms with van der Waals surface area (Å²) in [7, 11) is 0. The summed E-state index contributed by atoms with van der Waals surface area (Å²) >= 11 is 0. The fraction of sp³-hybridized carbons (Fsp3) is 0.533. The average molecular weight is 279 g/mol. The molecule has 1 aliphatic rings. The fourth-order valence-corrected chi connectivity index (χ4v) is 2.86. The second kappa shape index (κ2) is 6.22. The molecule has 1 amide bonds. The van der Waals surface area contributed by atoms with Crippen LogP contribution in [0.1, 0.15) is 30.6 Å². The molecule has 1 aromatic carbocycles. The maximum Gasteiger partial charge on any atom is 0.256 e. The van der Waals surface area contributed by atoms with Gasteiger partial charge < -0.3 is 10.6 Å². The number of halogens is 1. The number of nitrogens with zero attached hydrogens (tertiary/aromatic N) is 2. The molecule has 0 aliphatic carbocycles. The molecule has 2 N–H and O–H groups in total. The zero-order valence-electron chi connectivity index (χ0n) is 12.1. The first-order chi connectivity index (χ1) is 9.56. The second-order valence-corrected chi connectivity index (χ2v) is 5.15. The fourth-order valence-electron chi connectivity index (χ4n) is 2.86. The Balaban J connectivity index is 2.08. The maximum absolute atomic E-state index is 13.0. The Morgan fingerprint density at radius 2 is 2.15 bits per heavy atom. The minimum absolute atomic E-state index is 0.0999. The van der Waals surface area contributed by atoms with Crippen LogP contribution < -0.4 is 5.73 Å². The first kappa shape index (κ1) is 14.8. The standard InChI is InChI=1S/C15H22FN3O/c1-3-18(4-2)12-7-8-19(10-12)15(20)13-6-5-11(16)9-14(13)17/h5-6,9,12H,3-4,7-8,10,17H2,1-2H3. The normalized spacial score (nSPS) is 18.8. The van der Waals surface area contributed by atoms with Gasteiger partial charge in [0.2, 0.25) is 0 Å². The molecule has 0 saturated carbocycles. The van der Waals surface area contributed by atoms with E-state index in [9.17, 15) is 9.18 Å². The number of anilines is 1. The molecule has 110 valence electrons. The topological polar surface area (TPSA) is 49.6 Å². The number of carbonyl (C=O) groups is 1. The van der Waals surface area contributed by atoms with Gasteiger partial charge in [0.1, 0.15) is 5.82 Å². The van der Waals surface area contributed by atoms with Gasteiger partial charge in [-0.25, -0.2) is 4.39 Å². The zero-order valence-corrected chi connectivity index (χ0v) is 12.1. The van der Waals surface area contributed by atoms with Crippen LogP contribution in [0, 0.1) is 5.82 Å². The van der Waals surface area contributed by atoms with E-state index in [1.807, 2.05) is 4.90 Å². The summed E-state index contributed by atoms with van der Waals surface area (Å²) in [6.45, 7) is 7.69. The molecule has 1 unspecified atom stereocenters. The zero-order chi connectivity index (χ0) is 14.7. The molecule has 1 atom stereocenters. The van der Waals surface area contributed by atoms with Crippen molar-refractivity contribution in [3.05, 3.63) is 29.6 Å². The lowest BCUT2D eigenvalue weighted by atomic mass is 10.1. The Kier molecular flexibility index (Phi) is 4.60. The lowest BCUT2D eigenvalue weighted by molar-refractivity contribution is 0.0779. The molecule has 0 aromatic heterocycles. The van der Waals surface area contributed by atoms with Crippen LogP contribution in [-0.4, -0.2) is 47.9 Å². The van der Waals surface area contributed by atoms with Crippen LogP contribution in [0.5, 0.6) is 0 Å². The molecule has 1 fully saturated rings. The second-order valence-electron chi connectivity index (χ2n) is 5.15. The van der Waals surface area contributed by atoms with Crippen molar-refractivity contribution in [2.24, 2.45) is 0 Å². The van der Waals surface area contributed by atoms with E-state index < -0.39 is 5.82 Å². The molecular weight excluding hydrogens is 257 g/mol. The van der Waals surface area contributed by atoms with Crippen molar-refractivity contribution < 1.29 is 9.18 Å². The van der Waals surface area contributed by atoms with Gasteiger partial charge in [-0.2, -0.15) is 0 Å². The Morgan fingerprint density at radius 3 is 2.75 bits per heavy atom. The lowest BCUT2D eigenvalue weighted by Crippen LogP contribution is -2.38. The van der Waals surface area contributed by atoms with Crippen molar-refractivity contribution in [2.75, 3.05) is 31.9 Å². The van der Waals surface area contributed by atoms with Crippen LogP contribution >= 0.6 is 0 Å². The van der Waals surface area contributed by atoms with Crippen LogP contribution in [-0.2, 0) is 0 Å². The molecule has 1 heterocycles. The first-order valence-corrected chi connectivity index (χ1v) is 7.15. The molecule has 20 heavy (non-hydrogen) atoms. The minimum atomic E-state index is -0.415. The lowest BCUT2D eigenvalue weighted by Gasteiger charge is -2.26. The molecule has 1 aliphatic heterocycles. The van der Waals surface area contributed by atoms with Gasteiger partial charge in [0.25, 0.3) is 5.91 Å². The highest BCUT2D eigenvalue weighted by Crippen LogP contribution is 2.21. The number of likely N-dealkylation sites (tertiary alicyclic amines) is 1. The van der Waals surface area contributed by atoms with Gasteiger partial charge in [-0.15, -0.1) is 0 Å². The summed E-state index contributed by atoms with van der Waals surface area (Å²) in [6.07, 6.45) is 0.981. The predicted molar refractivity (Wildman–Crippen MR) is 78.0 cm³/mol. The van der Waals surface area contributed by atoms with Crippen molar-refractivity contribution in [3.63, 3.8) is 0 Å². The highest BCUT2D eigenvalue weighted by atomic mass is 19.1. The summed E-state index contributed by atoms with van der Waals surface area (Å²) in [5.41, 5.74) is 6.34. The van der Waals surface area contributed by atoms with E-state index in [0.717, 1.165) is 32.6 Å². The highest BCUT2D eigenvalue weighted by Gasteiger charge is 2.30. The number of benzene rings is 1. The van der Waals surface area contributed by atoms with Crippen LogP contribution in [0.25, 0.3) is 0 Å². The predicted octanol–water partition coefficient (Wildman–Crippen LogP) is 1.96. The number of hydrogen-bond acceptors (Lipinski definition) is 3. The third kappa shape index (κ3) is 2.93. The van der Waals surface area contributed by atoms with E-state index >= 15 is 0 Å². The van der Waals surface area contributed by atoms with E-state index in [4.69, 9.17) is 5.73 Å². The van der Waals surface area contributed by atoms with Crippen molar-refractivity contribution in [3.8, 4) is 0 Å². The summed E-state index contributed by atoms with van der Waals surface area (Å²) in [4.78, 5) is 16.6. The SMILES string of the molecule is CCN(CC)C1CCN(C(=O)c2ccc(F)cc2N)C1.